The molecule has 1 aliphatic heterocycles. The molecule has 2 heteroatoms. The number of phenols is 1. The van der Waals surface area contributed by atoms with Crippen LogP contribution in [0.25, 0.3) is 0 Å². The standard InChI is InChI=1S/C22H32O2/c1-6-7-14(2)10-16-12-19(23)21-17-11-15(3)8-9-18(17)22(4,5)24-20(21)13-16/h8,12-14,17-18,23H,6-7,9-11H2,1-5H3/t14?,17-,18-/m1/s1. The number of allylic oxidation sites excluding steroid dienone is 2. The lowest BCUT2D eigenvalue weighted by molar-refractivity contribution is 0.00751. The quantitative estimate of drug-likeness (QED) is 0.689. The van der Waals surface area contributed by atoms with Crippen LogP contribution < -0.4 is 4.74 Å². The van der Waals surface area contributed by atoms with E-state index in [1.165, 1.54) is 24.0 Å². The van der Waals surface area contributed by atoms with Crippen molar-refractivity contribution in [3.05, 3.63) is 34.9 Å². The second-order valence-corrected chi connectivity index (χ2v) is 8.53. The molecule has 0 spiro atoms. The van der Waals surface area contributed by atoms with E-state index in [-0.39, 0.29) is 5.60 Å². The van der Waals surface area contributed by atoms with E-state index in [0.29, 0.717) is 23.5 Å². The molecule has 0 saturated heterocycles. The van der Waals surface area contributed by atoms with Crippen molar-refractivity contribution in [3.63, 3.8) is 0 Å². The van der Waals surface area contributed by atoms with E-state index < -0.39 is 0 Å². The lowest BCUT2D eigenvalue weighted by Gasteiger charge is -2.47. The second-order valence-electron chi connectivity index (χ2n) is 8.53. The van der Waals surface area contributed by atoms with Gasteiger partial charge in [-0.1, -0.05) is 38.3 Å². The predicted molar refractivity (Wildman–Crippen MR) is 99.8 cm³/mol. The van der Waals surface area contributed by atoms with Gasteiger partial charge in [0.25, 0.3) is 0 Å². The Morgan fingerprint density at radius 3 is 2.79 bits per heavy atom. The number of ether oxygens (including phenoxy) is 1. The Morgan fingerprint density at radius 2 is 2.08 bits per heavy atom. The van der Waals surface area contributed by atoms with Crippen LogP contribution in [0.15, 0.2) is 23.8 Å². The van der Waals surface area contributed by atoms with Gasteiger partial charge in [0.15, 0.2) is 0 Å². The lowest BCUT2D eigenvalue weighted by atomic mass is 9.67. The number of hydrogen-bond donors (Lipinski definition) is 1. The van der Waals surface area contributed by atoms with Gasteiger partial charge in [0, 0.05) is 17.4 Å². The maximum absolute atomic E-state index is 10.8. The number of rotatable bonds is 4. The molecule has 0 bridgehead atoms. The predicted octanol–water partition coefficient (Wildman–Crippen LogP) is 5.98. The molecule has 1 aromatic rings. The highest BCUT2D eigenvalue weighted by Gasteiger charge is 2.45. The maximum Gasteiger partial charge on any atom is 0.127 e. The fourth-order valence-electron chi connectivity index (χ4n) is 4.74. The van der Waals surface area contributed by atoms with Crippen LogP contribution in [0.2, 0.25) is 0 Å². The number of benzene rings is 1. The van der Waals surface area contributed by atoms with Gasteiger partial charge in [0.1, 0.15) is 17.1 Å². The zero-order chi connectivity index (χ0) is 17.5. The van der Waals surface area contributed by atoms with Gasteiger partial charge in [-0.05, 0) is 63.6 Å². The first-order valence-corrected chi connectivity index (χ1v) is 9.52. The Labute approximate surface area is 146 Å². The highest BCUT2D eigenvalue weighted by atomic mass is 16.5. The minimum Gasteiger partial charge on any atom is -0.508 e. The van der Waals surface area contributed by atoms with Gasteiger partial charge in [-0.15, -0.1) is 0 Å². The van der Waals surface area contributed by atoms with Crippen molar-refractivity contribution >= 4 is 0 Å². The minimum atomic E-state index is -0.186. The van der Waals surface area contributed by atoms with Crippen LogP contribution in [-0.2, 0) is 6.42 Å². The highest BCUT2D eigenvalue weighted by Crippen LogP contribution is 2.54. The van der Waals surface area contributed by atoms with Crippen LogP contribution in [0.1, 0.15) is 77.3 Å². The topological polar surface area (TPSA) is 29.5 Å². The van der Waals surface area contributed by atoms with Crippen molar-refractivity contribution in [2.24, 2.45) is 11.8 Å². The van der Waals surface area contributed by atoms with Gasteiger partial charge in [-0.25, -0.2) is 0 Å². The largest absolute Gasteiger partial charge is 0.508 e. The lowest BCUT2D eigenvalue weighted by Crippen LogP contribution is -2.45. The monoisotopic (exact) mass is 328 g/mol. The summed E-state index contributed by atoms with van der Waals surface area (Å²) in [5.41, 5.74) is 3.48. The molecule has 0 saturated carbocycles. The molecule has 2 aliphatic rings. The highest BCUT2D eigenvalue weighted by molar-refractivity contribution is 5.52. The van der Waals surface area contributed by atoms with Gasteiger partial charge in [-0.3, -0.25) is 0 Å². The molecule has 1 unspecified atom stereocenters. The zero-order valence-corrected chi connectivity index (χ0v) is 15.9. The molecule has 3 atom stereocenters. The Balaban J connectivity index is 1.97. The first-order chi connectivity index (χ1) is 11.3. The van der Waals surface area contributed by atoms with E-state index in [9.17, 15) is 5.11 Å². The van der Waals surface area contributed by atoms with Crippen LogP contribution in [0.3, 0.4) is 0 Å². The Hall–Kier alpha value is -1.44. The summed E-state index contributed by atoms with van der Waals surface area (Å²) >= 11 is 0. The van der Waals surface area contributed by atoms with Crippen molar-refractivity contribution < 1.29 is 9.84 Å². The van der Waals surface area contributed by atoms with Crippen LogP contribution in [0.5, 0.6) is 11.5 Å². The average molecular weight is 328 g/mol. The molecule has 1 heterocycles. The summed E-state index contributed by atoms with van der Waals surface area (Å²) in [5.74, 6) is 2.79. The molecule has 0 amide bonds. The first kappa shape index (κ1) is 17.4. The number of fused-ring (bicyclic) bond motifs is 3. The SMILES string of the molecule is CCCC(C)Cc1cc(O)c2c(c1)OC(C)(C)[C@@H]1CC=C(C)C[C@@H]21. The minimum absolute atomic E-state index is 0.186. The molecule has 1 aliphatic carbocycles. The normalized spacial score (nSPS) is 26.0. The summed E-state index contributed by atoms with van der Waals surface area (Å²) in [6.07, 6.45) is 7.84. The van der Waals surface area contributed by atoms with Gasteiger partial charge >= 0.3 is 0 Å². The molecular weight excluding hydrogens is 296 g/mol. The smallest absolute Gasteiger partial charge is 0.127 e. The maximum atomic E-state index is 10.8. The molecule has 24 heavy (non-hydrogen) atoms. The summed E-state index contributed by atoms with van der Waals surface area (Å²) in [5, 5.41) is 10.8. The summed E-state index contributed by atoms with van der Waals surface area (Å²) in [7, 11) is 0. The van der Waals surface area contributed by atoms with E-state index in [2.05, 4.69) is 46.8 Å². The Kier molecular flexibility index (Phi) is 4.68. The van der Waals surface area contributed by atoms with Gasteiger partial charge in [-0.2, -0.15) is 0 Å². The fraction of sp³-hybridized carbons (Fsp3) is 0.636. The molecule has 3 rings (SSSR count). The number of aromatic hydroxyl groups is 1. The van der Waals surface area contributed by atoms with Gasteiger partial charge in [0.2, 0.25) is 0 Å². The van der Waals surface area contributed by atoms with Crippen LogP contribution in [-0.4, -0.2) is 10.7 Å². The van der Waals surface area contributed by atoms with Crippen molar-refractivity contribution in [3.8, 4) is 11.5 Å². The van der Waals surface area contributed by atoms with E-state index in [0.717, 1.165) is 30.6 Å². The molecule has 0 aromatic heterocycles. The fourth-order valence-corrected chi connectivity index (χ4v) is 4.74. The zero-order valence-electron chi connectivity index (χ0n) is 15.9. The number of phenolic OH excluding ortho intramolecular Hbond substituents is 1. The third-order valence-corrected chi connectivity index (χ3v) is 5.93. The first-order valence-electron chi connectivity index (χ1n) is 9.52. The summed E-state index contributed by atoms with van der Waals surface area (Å²) < 4.78 is 6.40. The van der Waals surface area contributed by atoms with Crippen LogP contribution in [0.4, 0.5) is 0 Å². The second kappa shape index (κ2) is 6.46. The molecule has 0 fully saturated rings. The van der Waals surface area contributed by atoms with Crippen molar-refractivity contribution in [2.75, 3.05) is 0 Å². The molecule has 2 nitrogen and oxygen atoms in total. The molecule has 0 radical (unpaired) electrons. The van der Waals surface area contributed by atoms with Crippen molar-refractivity contribution in [1.29, 1.82) is 0 Å². The molecule has 132 valence electrons. The van der Waals surface area contributed by atoms with E-state index in [1.54, 1.807) is 0 Å². The summed E-state index contributed by atoms with van der Waals surface area (Å²) in [6.45, 7) is 11.1. The van der Waals surface area contributed by atoms with Crippen LogP contribution in [0, 0.1) is 11.8 Å². The Morgan fingerprint density at radius 1 is 1.33 bits per heavy atom. The third kappa shape index (κ3) is 3.20. The van der Waals surface area contributed by atoms with Crippen molar-refractivity contribution in [1.82, 2.24) is 0 Å². The van der Waals surface area contributed by atoms with E-state index in [1.807, 2.05) is 6.07 Å². The van der Waals surface area contributed by atoms with E-state index in [4.69, 9.17) is 4.74 Å². The van der Waals surface area contributed by atoms with E-state index >= 15 is 0 Å². The average Bonchev–Trinajstić information content (AvgIpc) is 2.45. The number of hydrogen-bond acceptors (Lipinski definition) is 2. The molecular formula is C22H32O2. The Bertz CT molecular complexity index is 642. The van der Waals surface area contributed by atoms with Gasteiger partial charge in [0.05, 0.1) is 0 Å². The summed E-state index contributed by atoms with van der Waals surface area (Å²) in [4.78, 5) is 0. The molecule has 1 aromatic carbocycles. The molecule has 1 N–H and O–H groups in total. The summed E-state index contributed by atoms with van der Waals surface area (Å²) in [6, 6.07) is 4.17. The van der Waals surface area contributed by atoms with Crippen LogP contribution >= 0.6 is 0 Å². The van der Waals surface area contributed by atoms with Gasteiger partial charge < -0.3 is 9.84 Å². The third-order valence-electron chi connectivity index (χ3n) is 5.93. The van der Waals surface area contributed by atoms with Crippen molar-refractivity contribution in [2.45, 2.75) is 78.2 Å².